The summed E-state index contributed by atoms with van der Waals surface area (Å²) in [5.74, 6) is 0.00700. The van der Waals surface area contributed by atoms with Gasteiger partial charge in [0.25, 0.3) is 0 Å². The van der Waals surface area contributed by atoms with Crippen molar-refractivity contribution in [3.05, 3.63) is 47.5 Å². The van der Waals surface area contributed by atoms with Gasteiger partial charge >= 0.3 is 0 Å². The number of para-hydroxylation sites is 2. The molecule has 130 valence electrons. The molecule has 6 nitrogen and oxygen atoms in total. The summed E-state index contributed by atoms with van der Waals surface area (Å²) in [5, 5.41) is 10.6. The van der Waals surface area contributed by atoms with E-state index in [-0.39, 0.29) is 11.9 Å². The number of carbonyl (C=O) groups excluding carboxylic acids is 1. The van der Waals surface area contributed by atoms with Crippen LogP contribution >= 0.6 is 0 Å². The van der Waals surface area contributed by atoms with Gasteiger partial charge in [-0.25, -0.2) is 4.98 Å². The lowest BCUT2D eigenvalue weighted by Crippen LogP contribution is -2.32. The maximum Gasteiger partial charge on any atom is 0.242 e. The van der Waals surface area contributed by atoms with Gasteiger partial charge in [-0.15, -0.1) is 0 Å². The summed E-state index contributed by atoms with van der Waals surface area (Å²) in [6, 6.07) is 7.57. The number of fused-ring (bicyclic) bond motifs is 2. The van der Waals surface area contributed by atoms with Crippen molar-refractivity contribution >= 4 is 16.9 Å². The molecule has 0 radical (unpaired) electrons. The molecule has 1 aliphatic carbocycles. The molecule has 0 spiro atoms. The molecule has 1 aliphatic rings. The largest absolute Gasteiger partial charge is 0.354 e. The fraction of sp³-hybridized carbons (Fsp3) is 0.421. The SMILES string of the molecule is CC(C(=O)NCCc1n[nH]c2c1CCCC2)n1cnc2ccccc21. The number of nitrogens with one attached hydrogen (secondary N) is 2. The number of aromatic nitrogens is 4. The van der Waals surface area contributed by atoms with Gasteiger partial charge < -0.3 is 9.88 Å². The minimum atomic E-state index is -0.291. The summed E-state index contributed by atoms with van der Waals surface area (Å²) in [6.45, 7) is 2.51. The maximum absolute atomic E-state index is 12.5. The van der Waals surface area contributed by atoms with E-state index in [9.17, 15) is 4.79 Å². The highest BCUT2D eigenvalue weighted by Crippen LogP contribution is 2.22. The summed E-state index contributed by atoms with van der Waals surface area (Å²) in [7, 11) is 0. The number of aryl methyl sites for hydroxylation is 1. The molecule has 1 amide bonds. The van der Waals surface area contributed by atoms with Gasteiger partial charge in [-0.2, -0.15) is 5.10 Å². The Kier molecular flexibility index (Phi) is 4.26. The van der Waals surface area contributed by atoms with E-state index in [0.717, 1.165) is 36.0 Å². The van der Waals surface area contributed by atoms with Crippen LogP contribution in [0.5, 0.6) is 0 Å². The highest BCUT2D eigenvalue weighted by molar-refractivity contribution is 5.83. The Morgan fingerprint density at radius 3 is 3.08 bits per heavy atom. The van der Waals surface area contributed by atoms with Gasteiger partial charge in [0.2, 0.25) is 5.91 Å². The number of amides is 1. The van der Waals surface area contributed by atoms with Gasteiger partial charge in [0.05, 0.1) is 23.1 Å². The maximum atomic E-state index is 12.5. The molecule has 25 heavy (non-hydrogen) atoms. The molecule has 0 saturated carbocycles. The molecule has 4 rings (SSSR count). The van der Waals surface area contributed by atoms with Crippen molar-refractivity contribution in [1.29, 1.82) is 0 Å². The van der Waals surface area contributed by atoms with Crippen molar-refractivity contribution in [2.75, 3.05) is 6.54 Å². The second-order valence-electron chi connectivity index (χ2n) is 6.69. The van der Waals surface area contributed by atoms with E-state index in [1.807, 2.05) is 35.8 Å². The summed E-state index contributed by atoms with van der Waals surface area (Å²) in [5.41, 5.74) is 5.65. The average molecular weight is 337 g/mol. The van der Waals surface area contributed by atoms with Crippen LogP contribution < -0.4 is 5.32 Å². The fourth-order valence-corrected chi connectivity index (χ4v) is 3.62. The molecule has 6 heteroatoms. The van der Waals surface area contributed by atoms with Crippen molar-refractivity contribution in [2.24, 2.45) is 0 Å². The van der Waals surface area contributed by atoms with E-state index in [4.69, 9.17) is 0 Å². The van der Waals surface area contributed by atoms with Crippen LogP contribution in [0.25, 0.3) is 11.0 Å². The van der Waals surface area contributed by atoms with Gasteiger partial charge in [-0.3, -0.25) is 9.89 Å². The van der Waals surface area contributed by atoms with Crippen LogP contribution in [-0.4, -0.2) is 32.2 Å². The van der Waals surface area contributed by atoms with Crippen molar-refractivity contribution in [3.63, 3.8) is 0 Å². The molecule has 2 N–H and O–H groups in total. The van der Waals surface area contributed by atoms with Gasteiger partial charge in [-0.1, -0.05) is 12.1 Å². The molecule has 2 heterocycles. The topological polar surface area (TPSA) is 75.6 Å². The van der Waals surface area contributed by atoms with Crippen LogP contribution in [0, 0.1) is 0 Å². The lowest BCUT2D eigenvalue weighted by Gasteiger charge is -2.15. The highest BCUT2D eigenvalue weighted by Gasteiger charge is 2.19. The van der Waals surface area contributed by atoms with Crippen LogP contribution in [0.15, 0.2) is 30.6 Å². The summed E-state index contributed by atoms with van der Waals surface area (Å²) in [6.07, 6.45) is 7.18. The Bertz CT molecular complexity index is 894. The van der Waals surface area contributed by atoms with Crippen LogP contribution in [0.4, 0.5) is 0 Å². The first-order valence-corrected chi connectivity index (χ1v) is 8.98. The van der Waals surface area contributed by atoms with Gasteiger partial charge in [0.1, 0.15) is 6.04 Å². The van der Waals surface area contributed by atoms with E-state index in [1.54, 1.807) is 6.33 Å². The number of rotatable bonds is 5. The average Bonchev–Trinajstić information content (AvgIpc) is 3.25. The standard InChI is InChI=1S/C19H23N5O/c1-13(24-12-21-17-8-4-5-9-18(17)24)19(25)20-11-10-16-14-6-2-3-7-15(14)22-23-16/h4-5,8-9,12-13H,2-3,6-7,10-11H2,1H3,(H,20,25)(H,22,23). The second-order valence-corrected chi connectivity index (χ2v) is 6.69. The van der Waals surface area contributed by atoms with Gasteiger partial charge in [0, 0.05) is 18.7 Å². The Morgan fingerprint density at radius 2 is 2.16 bits per heavy atom. The van der Waals surface area contributed by atoms with E-state index >= 15 is 0 Å². The van der Waals surface area contributed by atoms with E-state index < -0.39 is 0 Å². The molecule has 1 aromatic carbocycles. The van der Waals surface area contributed by atoms with E-state index in [2.05, 4.69) is 20.5 Å². The third kappa shape index (κ3) is 3.04. The fourth-order valence-electron chi connectivity index (χ4n) is 3.62. The number of nitrogens with zero attached hydrogens (tertiary/aromatic N) is 3. The molecular formula is C19H23N5O. The first-order chi connectivity index (χ1) is 12.2. The monoisotopic (exact) mass is 337 g/mol. The third-order valence-electron chi connectivity index (χ3n) is 5.08. The highest BCUT2D eigenvalue weighted by atomic mass is 16.2. The third-order valence-corrected chi connectivity index (χ3v) is 5.08. The number of hydrogen-bond donors (Lipinski definition) is 2. The Morgan fingerprint density at radius 1 is 1.32 bits per heavy atom. The first kappa shape index (κ1) is 15.9. The molecule has 0 bridgehead atoms. The number of imidazole rings is 1. The lowest BCUT2D eigenvalue weighted by molar-refractivity contribution is -0.123. The molecule has 1 atom stereocenters. The van der Waals surface area contributed by atoms with Gasteiger partial charge in [0.15, 0.2) is 0 Å². The number of aromatic amines is 1. The van der Waals surface area contributed by atoms with E-state index in [0.29, 0.717) is 6.54 Å². The molecule has 0 aliphatic heterocycles. The molecule has 2 aromatic heterocycles. The second kappa shape index (κ2) is 6.70. The number of H-pyrrole nitrogens is 1. The summed E-state index contributed by atoms with van der Waals surface area (Å²) in [4.78, 5) is 16.9. The number of hydrogen-bond acceptors (Lipinski definition) is 3. The van der Waals surface area contributed by atoms with Crippen LogP contribution in [0.3, 0.4) is 0 Å². The number of carbonyl (C=O) groups is 1. The number of benzene rings is 1. The van der Waals surface area contributed by atoms with Crippen molar-refractivity contribution in [1.82, 2.24) is 25.1 Å². The zero-order valence-electron chi connectivity index (χ0n) is 14.5. The van der Waals surface area contributed by atoms with Crippen molar-refractivity contribution in [2.45, 2.75) is 45.1 Å². The molecule has 1 unspecified atom stereocenters. The molecule has 3 aromatic rings. The predicted molar refractivity (Wildman–Crippen MR) is 96.4 cm³/mol. The molecule has 0 fully saturated rings. The predicted octanol–water partition coefficient (Wildman–Crippen LogP) is 2.56. The van der Waals surface area contributed by atoms with Crippen molar-refractivity contribution < 1.29 is 4.79 Å². The summed E-state index contributed by atoms with van der Waals surface area (Å²) >= 11 is 0. The summed E-state index contributed by atoms with van der Waals surface area (Å²) < 4.78 is 1.92. The Hall–Kier alpha value is -2.63. The zero-order chi connectivity index (χ0) is 17.2. The normalized spacial score (nSPS) is 15.1. The smallest absolute Gasteiger partial charge is 0.242 e. The molecule has 0 saturated heterocycles. The van der Waals surface area contributed by atoms with Crippen LogP contribution in [0.1, 0.15) is 42.8 Å². The van der Waals surface area contributed by atoms with Crippen LogP contribution in [-0.2, 0) is 24.1 Å². The quantitative estimate of drug-likeness (QED) is 0.751. The minimum absolute atomic E-state index is 0.00700. The van der Waals surface area contributed by atoms with Gasteiger partial charge in [-0.05, 0) is 50.3 Å². The molecular weight excluding hydrogens is 314 g/mol. The lowest BCUT2D eigenvalue weighted by atomic mass is 9.95. The zero-order valence-corrected chi connectivity index (χ0v) is 14.5. The van der Waals surface area contributed by atoms with E-state index in [1.165, 1.54) is 24.1 Å². The Balaban J connectivity index is 1.38. The minimum Gasteiger partial charge on any atom is -0.354 e. The Labute approximate surface area is 146 Å². The van der Waals surface area contributed by atoms with Crippen LogP contribution in [0.2, 0.25) is 0 Å². The van der Waals surface area contributed by atoms with Crippen molar-refractivity contribution in [3.8, 4) is 0 Å². The first-order valence-electron chi connectivity index (χ1n) is 8.98.